The van der Waals surface area contributed by atoms with Gasteiger partial charge in [0.1, 0.15) is 5.69 Å². The topological polar surface area (TPSA) is 111 Å². The van der Waals surface area contributed by atoms with Crippen LogP contribution in [0.2, 0.25) is 0 Å². The molecule has 0 aromatic heterocycles. The third-order valence-electron chi connectivity index (χ3n) is 2.98. The van der Waals surface area contributed by atoms with Crippen LogP contribution >= 0.6 is 0 Å². The second-order valence-electron chi connectivity index (χ2n) is 5.39. The minimum absolute atomic E-state index is 0.141. The molecule has 0 atom stereocenters. The summed E-state index contributed by atoms with van der Waals surface area (Å²) in [5.41, 5.74) is 0.0123. The molecule has 0 unspecified atom stereocenters. The lowest BCUT2D eigenvalue weighted by Gasteiger charge is -2.10. The molecular formula is C14H23N3O5S. The highest BCUT2D eigenvalue weighted by Crippen LogP contribution is 2.27. The van der Waals surface area contributed by atoms with Gasteiger partial charge in [-0.25, -0.2) is 13.1 Å². The molecule has 0 aliphatic carbocycles. The number of nitro benzene ring substituents is 1. The van der Waals surface area contributed by atoms with Crippen molar-refractivity contribution < 1.29 is 18.1 Å². The smallest absolute Gasteiger partial charge is 0.293 e. The van der Waals surface area contributed by atoms with E-state index in [9.17, 15) is 18.5 Å². The first kappa shape index (κ1) is 19.3. The van der Waals surface area contributed by atoms with Crippen LogP contribution in [0.1, 0.15) is 20.3 Å². The van der Waals surface area contributed by atoms with Crippen molar-refractivity contribution in [3.63, 3.8) is 0 Å². The molecular weight excluding hydrogens is 322 g/mol. The molecule has 0 saturated carbocycles. The number of hydrogen-bond donors (Lipinski definition) is 2. The van der Waals surface area contributed by atoms with E-state index < -0.39 is 14.9 Å². The highest BCUT2D eigenvalue weighted by Gasteiger charge is 2.20. The minimum Gasteiger partial charge on any atom is -0.381 e. The molecule has 0 heterocycles. The number of nitrogens with zero attached hydrogens (tertiary/aromatic N) is 1. The summed E-state index contributed by atoms with van der Waals surface area (Å²) in [6, 6.07) is 3.77. The van der Waals surface area contributed by atoms with E-state index in [4.69, 9.17) is 4.74 Å². The molecule has 0 saturated heterocycles. The van der Waals surface area contributed by atoms with Crippen molar-refractivity contribution in [3.8, 4) is 0 Å². The third-order valence-corrected chi connectivity index (χ3v) is 4.39. The average molecular weight is 345 g/mol. The van der Waals surface area contributed by atoms with Crippen molar-refractivity contribution in [1.29, 1.82) is 0 Å². The zero-order valence-electron chi connectivity index (χ0n) is 13.5. The molecule has 130 valence electrons. The lowest BCUT2D eigenvalue weighted by Crippen LogP contribution is -2.19. The number of benzene rings is 1. The summed E-state index contributed by atoms with van der Waals surface area (Å²) in [4.78, 5) is 10.4. The Morgan fingerprint density at radius 1 is 1.35 bits per heavy atom. The zero-order chi connectivity index (χ0) is 17.5. The molecule has 23 heavy (non-hydrogen) atoms. The Balaban J connectivity index is 2.70. The van der Waals surface area contributed by atoms with Gasteiger partial charge in [-0.2, -0.15) is 0 Å². The second-order valence-corrected chi connectivity index (χ2v) is 7.28. The first-order valence-corrected chi connectivity index (χ1v) is 8.80. The quantitative estimate of drug-likeness (QED) is 0.381. The van der Waals surface area contributed by atoms with E-state index in [1.165, 1.54) is 19.2 Å². The van der Waals surface area contributed by atoms with Crippen molar-refractivity contribution in [3.05, 3.63) is 28.3 Å². The number of ether oxygens (including phenoxy) is 1. The molecule has 0 bridgehead atoms. The molecule has 0 radical (unpaired) electrons. The van der Waals surface area contributed by atoms with E-state index in [2.05, 4.69) is 23.9 Å². The van der Waals surface area contributed by atoms with Crippen molar-refractivity contribution in [2.75, 3.05) is 32.1 Å². The van der Waals surface area contributed by atoms with Crippen LogP contribution in [0.25, 0.3) is 0 Å². The van der Waals surface area contributed by atoms with Gasteiger partial charge in [0.2, 0.25) is 10.0 Å². The fourth-order valence-electron chi connectivity index (χ4n) is 1.81. The van der Waals surface area contributed by atoms with Gasteiger partial charge in [0, 0.05) is 25.8 Å². The van der Waals surface area contributed by atoms with Gasteiger partial charge in [-0.15, -0.1) is 0 Å². The molecule has 9 heteroatoms. The molecule has 0 amide bonds. The largest absolute Gasteiger partial charge is 0.381 e. The van der Waals surface area contributed by atoms with Gasteiger partial charge in [0.15, 0.2) is 0 Å². The van der Waals surface area contributed by atoms with E-state index in [0.29, 0.717) is 32.1 Å². The first-order chi connectivity index (χ1) is 10.8. The van der Waals surface area contributed by atoms with E-state index >= 15 is 0 Å². The maximum atomic E-state index is 11.7. The van der Waals surface area contributed by atoms with Gasteiger partial charge in [-0.3, -0.25) is 10.1 Å². The molecule has 1 rings (SSSR count). The van der Waals surface area contributed by atoms with Gasteiger partial charge in [-0.05, 0) is 31.5 Å². The Labute approximate surface area is 136 Å². The molecule has 0 aliphatic heterocycles. The standard InChI is InChI=1S/C14H23N3O5S/c1-11(2)10-22-8-4-7-16-13-6-5-12(23(20,21)15-3)9-14(13)17(18)19/h5-6,9,11,15-16H,4,7-8,10H2,1-3H3. The lowest BCUT2D eigenvalue weighted by molar-refractivity contribution is -0.384. The highest BCUT2D eigenvalue weighted by molar-refractivity contribution is 7.89. The van der Waals surface area contributed by atoms with Crippen LogP contribution < -0.4 is 10.0 Å². The van der Waals surface area contributed by atoms with E-state index in [1.54, 1.807) is 0 Å². The normalized spacial score (nSPS) is 11.7. The van der Waals surface area contributed by atoms with Gasteiger partial charge in [-0.1, -0.05) is 13.8 Å². The van der Waals surface area contributed by atoms with Crippen molar-refractivity contribution in [2.24, 2.45) is 5.92 Å². The van der Waals surface area contributed by atoms with Crippen LogP contribution in [0.5, 0.6) is 0 Å². The van der Waals surface area contributed by atoms with Crippen LogP contribution in [0.15, 0.2) is 23.1 Å². The Bertz CT molecular complexity index is 631. The monoisotopic (exact) mass is 345 g/mol. The Morgan fingerprint density at radius 3 is 2.61 bits per heavy atom. The molecule has 0 fully saturated rings. The average Bonchev–Trinajstić information content (AvgIpc) is 2.50. The molecule has 0 spiro atoms. The maximum Gasteiger partial charge on any atom is 0.293 e. The van der Waals surface area contributed by atoms with Crippen molar-refractivity contribution in [1.82, 2.24) is 4.72 Å². The van der Waals surface area contributed by atoms with E-state index in [0.717, 1.165) is 6.07 Å². The van der Waals surface area contributed by atoms with Crippen LogP contribution in [0.4, 0.5) is 11.4 Å². The Kier molecular flexibility index (Phi) is 7.40. The molecule has 1 aromatic carbocycles. The van der Waals surface area contributed by atoms with Crippen LogP contribution in [0.3, 0.4) is 0 Å². The van der Waals surface area contributed by atoms with Gasteiger partial charge < -0.3 is 10.1 Å². The molecule has 2 N–H and O–H groups in total. The Hall–Kier alpha value is -1.71. The summed E-state index contributed by atoms with van der Waals surface area (Å²) in [6.07, 6.45) is 0.695. The van der Waals surface area contributed by atoms with Crippen LogP contribution in [-0.2, 0) is 14.8 Å². The van der Waals surface area contributed by atoms with Gasteiger partial charge in [0.05, 0.1) is 9.82 Å². The number of nitro groups is 1. The summed E-state index contributed by atoms with van der Waals surface area (Å²) in [7, 11) is -2.46. The zero-order valence-corrected chi connectivity index (χ0v) is 14.4. The first-order valence-electron chi connectivity index (χ1n) is 7.31. The molecule has 1 aromatic rings. The number of hydrogen-bond acceptors (Lipinski definition) is 6. The minimum atomic E-state index is -3.71. The third kappa shape index (κ3) is 6.12. The van der Waals surface area contributed by atoms with Crippen molar-refractivity contribution in [2.45, 2.75) is 25.2 Å². The fraction of sp³-hybridized carbons (Fsp3) is 0.571. The van der Waals surface area contributed by atoms with Gasteiger partial charge in [0.25, 0.3) is 5.69 Å². The summed E-state index contributed by atoms with van der Waals surface area (Å²) in [5, 5.41) is 14.1. The van der Waals surface area contributed by atoms with Crippen molar-refractivity contribution >= 4 is 21.4 Å². The lowest BCUT2D eigenvalue weighted by atomic mass is 10.2. The molecule has 8 nitrogen and oxygen atoms in total. The highest BCUT2D eigenvalue weighted by atomic mass is 32.2. The predicted molar refractivity (Wildman–Crippen MR) is 88.1 cm³/mol. The summed E-state index contributed by atoms with van der Waals surface area (Å²) < 4.78 is 31.0. The van der Waals surface area contributed by atoms with E-state index in [-0.39, 0.29) is 16.3 Å². The predicted octanol–water partition coefficient (Wildman–Crippen LogP) is 1.98. The maximum absolute atomic E-state index is 11.7. The Morgan fingerprint density at radius 2 is 2.04 bits per heavy atom. The van der Waals surface area contributed by atoms with Crippen LogP contribution in [-0.4, -0.2) is 40.1 Å². The van der Waals surface area contributed by atoms with Gasteiger partial charge >= 0.3 is 0 Å². The SMILES string of the molecule is CNS(=O)(=O)c1ccc(NCCCOCC(C)C)c([N+](=O)[O-])c1. The fourth-order valence-corrected chi connectivity index (χ4v) is 2.56. The molecule has 0 aliphatic rings. The number of nitrogens with one attached hydrogen (secondary N) is 2. The number of sulfonamides is 1. The summed E-state index contributed by atoms with van der Waals surface area (Å²) in [5.74, 6) is 0.464. The number of rotatable bonds is 10. The summed E-state index contributed by atoms with van der Waals surface area (Å²) in [6.45, 7) is 5.85. The van der Waals surface area contributed by atoms with Crippen LogP contribution in [0, 0.1) is 16.0 Å². The van der Waals surface area contributed by atoms with E-state index in [1.807, 2.05) is 0 Å². The number of anilines is 1. The second kappa shape index (κ2) is 8.80. The summed E-state index contributed by atoms with van der Waals surface area (Å²) >= 11 is 0.